The molecule has 0 aromatic heterocycles. The topological polar surface area (TPSA) is 49.4 Å². The van der Waals surface area contributed by atoms with E-state index in [1.807, 2.05) is 19.1 Å². The Morgan fingerprint density at radius 2 is 1.76 bits per heavy atom. The van der Waals surface area contributed by atoms with Crippen molar-refractivity contribution in [3.8, 4) is 0 Å². The van der Waals surface area contributed by atoms with Gasteiger partial charge in [-0.15, -0.1) is 0 Å². The Bertz CT molecular complexity index is 562. The van der Waals surface area contributed by atoms with Crippen LogP contribution in [0.1, 0.15) is 40.0 Å². The second kappa shape index (κ2) is 6.36. The van der Waals surface area contributed by atoms with Gasteiger partial charge in [-0.25, -0.2) is 8.42 Å². The molecule has 0 spiro atoms. The summed E-state index contributed by atoms with van der Waals surface area (Å²) in [7, 11) is -3.36. The van der Waals surface area contributed by atoms with Gasteiger partial charge < -0.3 is 5.32 Å². The number of sulfonamides is 1. The molecule has 1 saturated heterocycles. The lowest BCUT2D eigenvalue weighted by atomic mass is 9.82. The molecule has 1 aliphatic heterocycles. The molecule has 0 atom stereocenters. The normalized spacial score (nSPS) is 18.8. The van der Waals surface area contributed by atoms with Crippen molar-refractivity contribution in [3.05, 3.63) is 24.3 Å². The van der Waals surface area contributed by atoms with Gasteiger partial charge in [0.05, 0.1) is 4.90 Å². The summed E-state index contributed by atoms with van der Waals surface area (Å²) in [5, 5.41) is 3.18. The summed E-state index contributed by atoms with van der Waals surface area (Å²) in [6.45, 7) is 8.45. The van der Waals surface area contributed by atoms with Gasteiger partial charge in [-0.3, -0.25) is 0 Å². The Morgan fingerprint density at radius 3 is 2.24 bits per heavy atom. The second-order valence-corrected chi connectivity index (χ2v) is 7.79. The monoisotopic (exact) mass is 310 g/mol. The first kappa shape index (κ1) is 16.3. The maximum Gasteiger partial charge on any atom is 0.243 e. The molecule has 4 nitrogen and oxygen atoms in total. The van der Waals surface area contributed by atoms with Crippen molar-refractivity contribution in [1.82, 2.24) is 4.31 Å². The van der Waals surface area contributed by atoms with Crippen LogP contribution in [0.2, 0.25) is 0 Å². The Labute approximate surface area is 128 Å². The van der Waals surface area contributed by atoms with E-state index in [0.717, 1.165) is 31.5 Å². The fourth-order valence-electron chi connectivity index (χ4n) is 3.02. The summed E-state index contributed by atoms with van der Waals surface area (Å²) >= 11 is 0. The molecule has 118 valence electrons. The summed E-state index contributed by atoms with van der Waals surface area (Å²) < 4.78 is 27.1. The van der Waals surface area contributed by atoms with Crippen molar-refractivity contribution in [2.24, 2.45) is 5.41 Å². The van der Waals surface area contributed by atoms with E-state index in [-0.39, 0.29) is 5.41 Å². The van der Waals surface area contributed by atoms with E-state index in [9.17, 15) is 8.42 Å². The van der Waals surface area contributed by atoms with Crippen molar-refractivity contribution in [2.45, 2.75) is 44.9 Å². The molecule has 1 aromatic carbocycles. The van der Waals surface area contributed by atoms with Crippen LogP contribution in [0.3, 0.4) is 0 Å². The molecule has 0 saturated carbocycles. The third-order valence-corrected chi connectivity index (χ3v) is 6.64. The molecule has 1 aromatic rings. The summed E-state index contributed by atoms with van der Waals surface area (Å²) in [5.74, 6) is 0. The van der Waals surface area contributed by atoms with Gasteiger partial charge in [0.1, 0.15) is 0 Å². The third kappa shape index (κ3) is 3.24. The van der Waals surface area contributed by atoms with E-state index in [1.165, 1.54) is 0 Å². The number of anilines is 1. The zero-order chi connectivity index (χ0) is 15.5. The molecule has 0 amide bonds. The van der Waals surface area contributed by atoms with Crippen molar-refractivity contribution < 1.29 is 8.42 Å². The van der Waals surface area contributed by atoms with Crippen LogP contribution in [0.25, 0.3) is 0 Å². The van der Waals surface area contributed by atoms with Crippen LogP contribution in [0.4, 0.5) is 5.69 Å². The number of hydrogen-bond acceptors (Lipinski definition) is 3. The second-order valence-electron chi connectivity index (χ2n) is 5.85. The maximum atomic E-state index is 12.7. The molecule has 0 unspecified atom stereocenters. The fourth-order valence-corrected chi connectivity index (χ4v) is 4.58. The molecule has 0 radical (unpaired) electrons. The lowest BCUT2D eigenvalue weighted by Crippen LogP contribution is -2.31. The Kier molecular flexibility index (Phi) is 4.94. The first-order valence-electron chi connectivity index (χ1n) is 7.81. The highest BCUT2D eigenvalue weighted by Gasteiger charge is 2.40. The zero-order valence-corrected chi connectivity index (χ0v) is 14.0. The quantitative estimate of drug-likeness (QED) is 0.877. The minimum Gasteiger partial charge on any atom is -0.385 e. The molecule has 1 N–H and O–H groups in total. The number of benzene rings is 1. The van der Waals surface area contributed by atoms with Gasteiger partial charge >= 0.3 is 0 Å². The predicted octanol–water partition coefficient (Wildman–Crippen LogP) is 3.32. The Hall–Kier alpha value is -1.07. The van der Waals surface area contributed by atoms with Crippen molar-refractivity contribution >= 4 is 15.7 Å². The smallest absolute Gasteiger partial charge is 0.243 e. The van der Waals surface area contributed by atoms with Gasteiger partial charge in [-0.1, -0.05) is 13.8 Å². The Morgan fingerprint density at radius 1 is 1.14 bits per heavy atom. The Balaban J connectivity index is 2.19. The van der Waals surface area contributed by atoms with Gasteiger partial charge in [0.25, 0.3) is 0 Å². The SMILES string of the molecule is CCNc1ccc(S(=O)(=O)N2CCC(CC)(CC)C2)cc1. The molecule has 2 rings (SSSR count). The molecule has 0 bridgehead atoms. The van der Waals surface area contributed by atoms with Crippen molar-refractivity contribution in [3.63, 3.8) is 0 Å². The molecule has 0 aliphatic carbocycles. The summed E-state index contributed by atoms with van der Waals surface area (Å²) in [6.07, 6.45) is 3.04. The van der Waals surface area contributed by atoms with E-state index in [1.54, 1.807) is 16.4 Å². The van der Waals surface area contributed by atoms with E-state index in [4.69, 9.17) is 0 Å². The van der Waals surface area contributed by atoms with E-state index < -0.39 is 10.0 Å². The van der Waals surface area contributed by atoms with Crippen LogP contribution < -0.4 is 5.32 Å². The first-order chi connectivity index (χ1) is 9.97. The van der Waals surface area contributed by atoms with Crippen LogP contribution in [0.5, 0.6) is 0 Å². The number of nitrogens with zero attached hydrogens (tertiary/aromatic N) is 1. The third-order valence-electron chi connectivity index (χ3n) is 4.78. The van der Waals surface area contributed by atoms with Crippen LogP contribution >= 0.6 is 0 Å². The van der Waals surface area contributed by atoms with Gasteiger partial charge in [-0.05, 0) is 55.9 Å². The number of hydrogen-bond donors (Lipinski definition) is 1. The molecular formula is C16H26N2O2S. The minimum absolute atomic E-state index is 0.163. The summed E-state index contributed by atoms with van der Waals surface area (Å²) in [5.41, 5.74) is 1.12. The van der Waals surface area contributed by atoms with Gasteiger partial charge in [0.15, 0.2) is 0 Å². The summed E-state index contributed by atoms with van der Waals surface area (Å²) in [4.78, 5) is 0.396. The maximum absolute atomic E-state index is 12.7. The largest absolute Gasteiger partial charge is 0.385 e. The van der Waals surface area contributed by atoms with E-state index in [2.05, 4.69) is 19.2 Å². The van der Waals surface area contributed by atoms with Crippen LogP contribution in [-0.4, -0.2) is 32.4 Å². The highest BCUT2D eigenvalue weighted by atomic mass is 32.2. The first-order valence-corrected chi connectivity index (χ1v) is 9.25. The van der Waals surface area contributed by atoms with E-state index >= 15 is 0 Å². The highest BCUT2D eigenvalue weighted by Crippen LogP contribution is 2.39. The number of rotatable bonds is 6. The van der Waals surface area contributed by atoms with Crippen molar-refractivity contribution in [2.75, 3.05) is 25.0 Å². The average Bonchev–Trinajstić information content (AvgIpc) is 2.94. The number of nitrogens with one attached hydrogen (secondary N) is 1. The van der Waals surface area contributed by atoms with Crippen LogP contribution in [-0.2, 0) is 10.0 Å². The fraction of sp³-hybridized carbons (Fsp3) is 0.625. The lowest BCUT2D eigenvalue weighted by molar-refractivity contribution is 0.279. The average molecular weight is 310 g/mol. The molecule has 1 fully saturated rings. The molecule has 1 heterocycles. The van der Waals surface area contributed by atoms with Gasteiger partial charge in [0.2, 0.25) is 10.0 Å². The minimum atomic E-state index is -3.36. The zero-order valence-electron chi connectivity index (χ0n) is 13.2. The lowest BCUT2D eigenvalue weighted by Gasteiger charge is -2.26. The van der Waals surface area contributed by atoms with E-state index in [0.29, 0.717) is 18.0 Å². The standard InChI is InChI=1S/C16H26N2O2S/c1-4-16(5-2)11-12-18(13-16)21(19,20)15-9-7-14(8-10-15)17-6-3/h7-10,17H,4-6,11-13H2,1-3H3. The predicted molar refractivity (Wildman–Crippen MR) is 87.0 cm³/mol. The molecule has 5 heteroatoms. The summed E-state index contributed by atoms with van der Waals surface area (Å²) in [6, 6.07) is 7.06. The molecule has 21 heavy (non-hydrogen) atoms. The molecule has 1 aliphatic rings. The van der Waals surface area contributed by atoms with Crippen LogP contribution in [0, 0.1) is 5.41 Å². The molecular weight excluding hydrogens is 284 g/mol. The van der Waals surface area contributed by atoms with Gasteiger partial charge in [0, 0.05) is 25.3 Å². The highest BCUT2D eigenvalue weighted by molar-refractivity contribution is 7.89. The van der Waals surface area contributed by atoms with Crippen molar-refractivity contribution in [1.29, 1.82) is 0 Å². The van der Waals surface area contributed by atoms with Crippen LogP contribution in [0.15, 0.2) is 29.2 Å². The van der Waals surface area contributed by atoms with Gasteiger partial charge in [-0.2, -0.15) is 4.31 Å².